The van der Waals surface area contributed by atoms with Crippen molar-refractivity contribution in [2.24, 2.45) is 0 Å². The Balaban J connectivity index is 1.44. The third-order valence-electron chi connectivity index (χ3n) is 5.09. The average Bonchev–Trinajstić information content (AvgIpc) is 2.74. The predicted molar refractivity (Wildman–Crippen MR) is 112 cm³/mol. The van der Waals surface area contributed by atoms with E-state index in [1.165, 1.54) is 11.1 Å². The number of aryl methyl sites for hydroxylation is 1. The second kappa shape index (κ2) is 8.49. The molecular weight excluding hydrogens is 370 g/mol. The summed E-state index contributed by atoms with van der Waals surface area (Å²) in [5.74, 6) is 0.583. The molecule has 4 heteroatoms. The van der Waals surface area contributed by atoms with Gasteiger partial charge in [-0.15, -0.1) is 0 Å². The van der Waals surface area contributed by atoms with E-state index in [1.54, 1.807) is 6.07 Å². The SMILES string of the molecule is O=C(N[C@@H]1CCCc2ccccc21)c1cccc(COc2ccccc2Cl)c1. The fourth-order valence-corrected chi connectivity index (χ4v) is 3.86. The van der Waals surface area contributed by atoms with E-state index in [1.807, 2.05) is 48.5 Å². The van der Waals surface area contributed by atoms with Gasteiger partial charge < -0.3 is 10.1 Å². The lowest BCUT2D eigenvalue weighted by atomic mass is 9.87. The normalized spacial score (nSPS) is 15.5. The van der Waals surface area contributed by atoms with Gasteiger partial charge in [0.1, 0.15) is 12.4 Å². The Morgan fingerprint density at radius 3 is 2.75 bits per heavy atom. The highest BCUT2D eigenvalue weighted by Crippen LogP contribution is 2.30. The molecule has 1 amide bonds. The molecule has 142 valence electrons. The van der Waals surface area contributed by atoms with Crippen molar-refractivity contribution in [3.05, 3.63) is 100 Å². The number of hydrogen-bond donors (Lipinski definition) is 1. The molecule has 0 saturated heterocycles. The van der Waals surface area contributed by atoms with Crippen molar-refractivity contribution in [3.63, 3.8) is 0 Å². The van der Waals surface area contributed by atoms with Crippen LogP contribution in [0.3, 0.4) is 0 Å². The van der Waals surface area contributed by atoms with E-state index >= 15 is 0 Å². The molecule has 0 aliphatic heterocycles. The Morgan fingerprint density at radius 1 is 1.04 bits per heavy atom. The molecule has 3 aromatic rings. The first-order valence-corrected chi connectivity index (χ1v) is 9.93. The predicted octanol–water partition coefficient (Wildman–Crippen LogP) is 5.73. The molecule has 0 heterocycles. The maximum Gasteiger partial charge on any atom is 0.251 e. The molecule has 0 radical (unpaired) electrons. The summed E-state index contributed by atoms with van der Waals surface area (Å²) in [6.07, 6.45) is 3.14. The van der Waals surface area contributed by atoms with Crippen LogP contribution in [0.15, 0.2) is 72.8 Å². The van der Waals surface area contributed by atoms with Crippen LogP contribution >= 0.6 is 11.6 Å². The van der Waals surface area contributed by atoms with Gasteiger partial charge in [-0.1, -0.05) is 60.1 Å². The zero-order valence-electron chi connectivity index (χ0n) is 15.5. The van der Waals surface area contributed by atoms with Gasteiger partial charge in [0.15, 0.2) is 0 Å². The largest absolute Gasteiger partial charge is 0.487 e. The molecule has 1 aliphatic carbocycles. The van der Waals surface area contributed by atoms with Crippen molar-refractivity contribution in [2.75, 3.05) is 0 Å². The van der Waals surface area contributed by atoms with Crippen LogP contribution in [-0.2, 0) is 13.0 Å². The molecule has 4 rings (SSSR count). The lowest BCUT2D eigenvalue weighted by molar-refractivity contribution is 0.0932. The minimum atomic E-state index is -0.0544. The average molecular weight is 392 g/mol. The molecule has 1 atom stereocenters. The highest BCUT2D eigenvalue weighted by Gasteiger charge is 2.21. The van der Waals surface area contributed by atoms with Gasteiger partial charge >= 0.3 is 0 Å². The number of ether oxygens (including phenoxy) is 1. The molecule has 0 unspecified atom stereocenters. The summed E-state index contributed by atoms with van der Waals surface area (Å²) in [7, 11) is 0. The number of amides is 1. The van der Waals surface area contributed by atoms with Crippen LogP contribution in [0.1, 0.15) is 45.9 Å². The molecule has 1 aliphatic rings. The Hall–Kier alpha value is -2.78. The van der Waals surface area contributed by atoms with E-state index in [2.05, 4.69) is 23.5 Å². The van der Waals surface area contributed by atoms with Gasteiger partial charge in [-0.3, -0.25) is 4.79 Å². The van der Waals surface area contributed by atoms with Crippen molar-refractivity contribution >= 4 is 17.5 Å². The van der Waals surface area contributed by atoms with Gasteiger partial charge in [0.25, 0.3) is 5.91 Å². The molecule has 3 nitrogen and oxygen atoms in total. The van der Waals surface area contributed by atoms with Crippen molar-refractivity contribution in [1.82, 2.24) is 5.32 Å². The molecule has 1 N–H and O–H groups in total. The Labute approximate surface area is 170 Å². The zero-order chi connectivity index (χ0) is 19.3. The quantitative estimate of drug-likeness (QED) is 0.603. The number of carbonyl (C=O) groups is 1. The second-order valence-corrected chi connectivity index (χ2v) is 7.44. The van der Waals surface area contributed by atoms with Crippen molar-refractivity contribution in [2.45, 2.75) is 31.9 Å². The van der Waals surface area contributed by atoms with Crippen molar-refractivity contribution in [3.8, 4) is 5.75 Å². The van der Waals surface area contributed by atoms with Crippen LogP contribution in [0.2, 0.25) is 5.02 Å². The van der Waals surface area contributed by atoms with Crippen LogP contribution < -0.4 is 10.1 Å². The van der Waals surface area contributed by atoms with Crippen molar-refractivity contribution in [1.29, 1.82) is 0 Å². The minimum Gasteiger partial charge on any atom is -0.487 e. The van der Waals surface area contributed by atoms with E-state index in [4.69, 9.17) is 16.3 Å². The fraction of sp³-hybridized carbons (Fsp3) is 0.208. The standard InChI is InChI=1S/C24H22ClNO2/c25-21-12-3-4-14-23(21)28-16-17-7-5-10-19(15-17)24(27)26-22-13-6-9-18-8-1-2-11-20(18)22/h1-5,7-8,10-12,14-15,22H,6,9,13,16H2,(H,26,27)/t22-/m1/s1. The number of fused-ring (bicyclic) bond motifs is 1. The number of benzene rings is 3. The molecule has 0 fully saturated rings. The summed E-state index contributed by atoms with van der Waals surface area (Å²) in [5.41, 5.74) is 4.14. The van der Waals surface area contributed by atoms with Gasteiger partial charge in [0, 0.05) is 5.56 Å². The summed E-state index contributed by atoms with van der Waals surface area (Å²) in [6.45, 7) is 0.358. The van der Waals surface area contributed by atoms with Crippen LogP contribution in [0.4, 0.5) is 0 Å². The van der Waals surface area contributed by atoms with Gasteiger partial charge in [-0.2, -0.15) is 0 Å². The molecule has 0 spiro atoms. The maximum absolute atomic E-state index is 12.8. The summed E-state index contributed by atoms with van der Waals surface area (Å²) >= 11 is 6.13. The molecular formula is C24H22ClNO2. The molecule has 0 aromatic heterocycles. The van der Waals surface area contributed by atoms with Gasteiger partial charge in [-0.25, -0.2) is 0 Å². The fourth-order valence-electron chi connectivity index (χ4n) is 3.67. The summed E-state index contributed by atoms with van der Waals surface area (Å²) in [5, 5.41) is 3.78. The van der Waals surface area contributed by atoms with Gasteiger partial charge in [-0.05, 0) is 60.2 Å². The number of halogens is 1. The first-order chi connectivity index (χ1) is 13.7. The molecule has 3 aromatic carbocycles. The minimum absolute atomic E-state index is 0.0544. The van der Waals surface area contributed by atoms with E-state index in [-0.39, 0.29) is 11.9 Å². The monoisotopic (exact) mass is 391 g/mol. The van der Waals surface area contributed by atoms with Crippen molar-refractivity contribution < 1.29 is 9.53 Å². The number of nitrogens with one attached hydrogen (secondary N) is 1. The third-order valence-corrected chi connectivity index (χ3v) is 5.41. The first kappa shape index (κ1) is 18.6. The summed E-state index contributed by atoms with van der Waals surface area (Å²) in [6, 6.07) is 23.4. The smallest absolute Gasteiger partial charge is 0.251 e. The van der Waals surface area contributed by atoms with Gasteiger partial charge in [0.05, 0.1) is 11.1 Å². The molecule has 0 bridgehead atoms. The zero-order valence-corrected chi connectivity index (χ0v) is 16.3. The van der Waals surface area contributed by atoms with E-state index < -0.39 is 0 Å². The number of rotatable bonds is 5. The van der Waals surface area contributed by atoms with Crippen LogP contribution in [0, 0.1) is 0 Å². The summed E-state index contributed by atoms with van der Waals surface area (Å²) in [4.78, 5) is 12.8. The second-order valence-electron chi connectivity index (χ2n) is 7.04. The van der Waals surface area contributed by atoms with E-state index in [0.29, 0.717) is 22.9 Å². The Bertz CT molecular complexity index is 986. The van der Waals surface area contributed by atoms with Crippen LogP contribution in [0.25, 0.3) is 0 Å². The maximum atomic E-state index is 12.8. The van der Waals surface area contributed by atoms with E-state index in [9.17, 15) is 4.79 Å². The third kappa shape index (κ3) is 4.20. The van der Waals surface area contributed by atoms with Crippen LogP contribution in [-0.4, -0.2) is 5.91 Å². The lowest BCUT2D eigenvalue weighted by Gasteiger charge is -2.26. The van der Waals surface area contributed by atoms with E-state index in [0.717, 1.165) is 24.8 Å². The Kier molecular flexibility index (Phi) is 5.63. The van der Waals surface area contributed by atoms with Gasteiger partial charge in [0.2, 0.25) is 0 Å². The van der Waals surface area contributed by atoms with Crippen LogP contribution in [0.5, 0.6) is 5.75 Å². The highest BCUT2D eigenvalue weighted by atomic mass is 35.5. The first-order valence-electron chi connectivity index (χ1n) is 9.55. The topological polar surface area (TPSA) is 38.3 Å². The number of carbonyl (C=O) groups excluding carboxylic acids is 1. The lowest BCUT2D eigenvalue weighted by Crippen LogP contribution is -2.31. The number of hydrogen-bond acceptors (Lipinski definition) is 2. The molecule has 28 heavy (non-hydrogen) atoms. The Morgan fingerprint density at radius 2 is 1.86 bits per heavy atom. The number of para-hydroxylation sites is 1. The summed E-state index contributed by atoms with van der Waals surface area (Å²) < 4.78 is 5.79. The highest BCUT2D eigenvalue weighted by molar-refractivity contribution is 6.32. The molecule has 0 saturated carbocycles.